The van der Waals surface area contributed by atoms with Crippen LogP contribution in [0.25, 0.3) is 0 Å². The molecule has 20 heavy (non-hydrogen) atoms. The van der Waals surface area contributed by atoms with E-state index in [4.69, 9.17) is 9.94 Å². The molecule has 1 aliphatic heterocycles. The fourth-order valence-corrected chi connectivity index (χ4v) is 2.55. The van der Waals surface area contributed by atoms with Gasteiger partial charge in [-0.05, 0) is 13.0 Å². The average Bonchev–Trinajstić information content (AvgIpc) is 2.62. The average molecular weight is 276 g/mol. The van der Waals surface area contributed by atoms with Crippen LogP contribution in [0.5, 0.6) is 0 Å². The molecule has 0 fully saturated rings. The van der Waals surface area contributed by atoms with Crippen molar-refractivity contribution in [3.63, 3.8) is 0 Å². The van der Waals surface area contributed by atoms with Crippen molar-refractivity contribution in [2.75, 3.05) is 11.9 Å². The molecule has 1 aromatic carbocycles. The molecule has 0 saturated heterocycles. The summed E-state index contributed by atoms with van der Waals surface area (Å²) in [7, 11) is 1.62. The van der Waals surface area contributed by atoms with E-state index in [-0.39, 0.29) is 12.3 Å². The van der Waals surface area contributed by atoms with Crippen LogP contribution >= 0.6 is 0 Å². The van der Waals surface area contributed by atoms with Crippen molar-refractivity contribution < 1.29 is 19.5 Å². The number of carbonyl (C=O) groups is 2. The minimum Gasteiger partial charge on any atom is -0.444 e. The van der Waals surface area contributed by atoms with Crippen LogP contribution in [0.3, 0.4) is 0 Å². The van der Waals surface area contributed by atoms with Crippen molar-refractivity contribution in [3.8, 4) is 0 Å². The lowest BCUT2D eigenvalue weighted by Crippen LogP contribution is -2.43. The van der Waals surface area contributed by atoms with Crippen LogP contribution in [0.1, 0.15) is 25.8 Å². The molecule has 1 aliphatic rings. The van der Waals surface area contributed by atoms with E-state index in [1.54, 1.807) is 38.2 Å². The largest absolute Gasteiger partial charge is 0.444 e. The monoisotopic (exact) mass is 276 g/mol. The first-order chi connectivity index (χ1) is 9.42. The lowest BCUT2D eigenvalue weighted by molar-refractivity contribution is -0.164. The van der Waals surface area contributed by atoms with Crippen LogP contribution < -0.4 is 4.90 Å². The first-order valence-electron chi connectivity index (χ1n) is 6.17. The van der Waals surface area contributed by atoms with Gasteiger partial charge in [-0.1, -0.05) is 23.4 Å². The molecule has 1 N–H and O–H groups in total. The highest BCUT2D eigenvalue weighted by molar-refractivity contribution is 6.09. The first-order valence-corrected chi connectivity index (χ1v) is 6.17. The standard InChI is InChI=1S/C14H16N2O4/c1-9(15-19)8-14(20-10(2)17)11-6-4-5-7-12(11)16(3)13(14)18/h4-7,19H,8H2,1-3H3/b15-9-. The minimum atomic E-state index is -1.45. The quantitative estimate of drug-likeness (QED) is 0.394. The van der Waals surface area contributed by atoms with E-state index in [1.807, 2.05) is 0 Å². The SMILES string of the molecule is CC(=O)OC1(C/C(C)=N\O)C(=O)N(C)c2ccccc21. The first kappa shape index (κ1) is 14.0. The Balaban J connectivity index is 2.61. The number of amides is 1. The molecule has 0 spiro atoms. The van der Waals surface area contributed by atoms with E-state index in [0.717, 1.165) is 0 Å². The van der Waals surface area contributed by atoms with Gasteiger partial charge in [-0.25, -0.2) is 0 Å². The van der Waals surface area contributed by atoms with Gasteiger partial charge in [-0.3, -0.25) is 9.59 Å². The molecule has 1 unspecified atom stereocenters. The van der Waals surface area contributed by atoms with E-state index in [9.17, 15) is 9.59 Å². The Kier molecular flexibility index (Phi) is 3.48. The summed E-state index contributed by atoms with van der Waals surface area (Å²) in [6, 6.07) is 7.10. The van der Waals surface area contributed by atoms with E-state index < -0.39 is 11.6 Å². The predicted molar refractivity (Wildman–Crippen MR) is 72.8 cm³/mol. The lowest BCUT2D eigenvalue weighted by atomic mass is 9.89. The fraction of sp³-hybridized carbons (Fsp3) is 0.357. The number of anilines is 1. The number of likely N-dealkylation sites (N-methyl/N-ethyl adjacent to an activating group) is 1. The third-order valence-corrected chi connectivity index (χ3v) is 3.34. The van der Waals surface area contributed by atoms with Crippen LogP contribution in [0.2, 0.25) is 0 Å². The summed E-state index contributed by atoms with van der Waals surface area (Å²) in [6.07, 6.45) is 0.0171. The maximum absolute atomic E-state index is 12.6. The van der Waals surface area contributed by atoms with Crippen LogP contribution in [0.4, 0.5) is 5.69 Å². The van der Waals surface area contributed by atoms with E-state index in [2.05, 4.69) is 5.16 Å². The molecule has 1 amide bonds. The summed E-state index contributed by atoms with van der Waals surface area (Å²) in [6.45, 7) is 2.82. The van der Waals surface area contributed by atoms with Crippen LogP contribution in [0.15, 0.2) is 29.4 Å². The molecule has 106 valence electrons. The third-order valence-electron chi connectivity index (χ3n) is 3.34. The lowest BCUT2D eigenvalue weighted by Gasteiger charge is -2.27. The van der Waals surface area contributed by atoms with Gasteiger partial charge < -0.3 is 14.8 Å². The number of rotatable bonds is 3. The third kappa shape index (κ3) is 2.03. The summed E-state index contributed by atoms with van der Waals surface area (Å²) < 4.78 is 5.36. The highest BCUT2D eigenvalue weighted by Gasteiger charge is 2.53. The van der Waals surface area contributed by atoms with Gasteiger partial charge in [0, 0.05) is 26.0 Å². The zero-order chi connectivity index (χ0) is 14.9. The van der Waals surface area contributed by atoms with Crippen molar-refractivity contribution in [3.05, 3.63) is 29.8 Å². The molecule has 0 saturated carbocycles. The normalized spacial score (nSPS) is 21.9. The van der Waals surface area contributed by atoms with Crippen molar-refractivity contribution >= 4 is 23.3 Å². The number of nitrogens with zero attached hydrogens (tertiary/aromatic N) is 2. The zero-order valence-corrected chi connectivity index (χ0v) is 11.6. The molecule has 6 nitrogen and oxygen atoms in total. The molecule has 1 atom stereocenters. The molecule has 6 heteroatoms. The maximum atomic E-state index is 12.6. The van der Waals surface area contributed by atoms with Gasteiger partial charge in [0.2, 0.25) is 5.60 Å². The highest BCUT2D eigenvalue weighted by Crippen LogP contribution is 2.44. The second kappa shape index (κ2) is 4.96. The summed E-state index contributed by atoms with van der Waals surface area (Å²) >= 11 is 0. The van der Waals surface area contributed by atoms with Crippen LogP contribution in [0, 0.1) is 0 Å². The van der Waals surface area contributed by atoms with Crippen LogP contribution in [-0.4, -0.2) is 29.8 Å². The smallest absolute Gasteiger partial charge is 0.304 e. The molecule has 2 rings (SSSR count). The van der Waals surface area contributed by atoms with E-state index in [0.29, 0.717) is 17.0 Å². The Morgan fingerprint density at radius 2 is 2.05 bits per heavy atom. The second-order valence-electron chi connectivity index (χ2n) is 4.81. The minimum absolute atomic E-state index is 0.0171. The van der Waals surface area contributed by atoms with E-state index >= 15 is 0 Å². The van der Waals surface area contributed by atoms with Gasteiger partial charge in [-0.2, -0.15) is 0 Å². The number of para-hydroxylation sites is 1. The van der Waals surface area contributed by atoms with Gasteiger partial charge in [0.15, 0.2) is 0 Å². The number of hydrogen-bond acceptors (Lipinski definition) is 5. The number of oxime groups is 1. The van der Waals surface area contributed by atoms with Gasteiger partial charge in [0.1, 0.15) is 0 Å². The van der Waals surface area contributed by atoms with Gasteiger partial charge >= 0.3 is 5.97 Å². The zero-order valence-electron chi connectivity index (χ0n) is 11.6. The molecule has 0 aliphatic carbocycles. The molecule has 0 bridgehead atoms. The number of benzene rings is 1. The second-order valence-corrected chi connectivity index (χ2v) is 4.81. The van der Waals surface area contributed by atoms with Crippen molar-refractivity contribution in [2.24, 2.45) is 5.16 Å². The van der Waals surface area contributed by atoms with Gasteiger partial charge in [-0.15, -0.1) is 0 Å². The maximum Gasteiger partial charge on any atom is 0.304 e. The number of carbonyl (C=O) groups excluding carboxylic acids is 2. The molecule has 1 aromatic rings. The Bertz CT molecular complexity index is 597. The predicted octanol–water partition coefficient (Wildman–Crippen LogP) is 1.66. The van der Waals surface area contributed by atoms with E-state index in [1.165, 1.54) is 11.8 Å². The summed E-state index contributed by atoms with van der Waals surface area (Å²) in [5.74, 6) is -0.911. The number of ether oxygens (including phenoxy) is 1. The highest BCUT2D eigenvalue weighted by atomic mass is 16.6. The Morgan fingerprint density at radius 3 is 2.65 bits per heavy atom. The molecule has 0 radical (unpaired) electrons. The van der Waals surface area contributed by atoms with Gasteiger partial charge in [0.05, 0.1) is 11.4 Å². The molecule has 1 heterocycles. The molecule has 0 aromatic heterocycles. The van der Waals surface area contributed by atoms with Crippen molar-refractivity contribution in [2.45, 2.75) is 25.9 Å². The van der Waals surface area contributed by atoms with Gasteiger partial charge in [0.25, 0.3) is 5.91 Å². The Labute approximate surface area is 116 Å². The molecular weight excluding hydrogens is 260 g/mol. The summed E-state index contributed by atoms with van der Waals surface area (Å²) in [4.78, 5) is 25.5. The van der Waals surface area contributed by atoms with Crippen LogP contribution in [-0.2, 0) is 19.9 Å². The number of esters is 1. The fourth-order valence-electron chi connectivity index (χ4n) is 2.55. The number of fused-ring (bicyclic) bond motifs is 1. The van der Waals surface area contributed by atoms with Crippen molar-refractivity contribution in [1.82, 2.24) is 0 Å². The topological polar surface area (TPSA) is 79.2 Å². The van der Waals surface area contributed by atoms with Crippen molar-refractivity contribution in [1.29, 1.82) is 0 Å². The molecular formula is C14H16N2O4. The Hall–Kier alpha value is -2.37. The Morgan fingerprint density at radius 1 is 1.40 bits per heavy atom. The summed E-state index contributed by atoms with van der Waals surface area (Å²) in [5, 5.41) is 12.0. The summed E-state index contributed by atoms with van der Waals surface area (Å²) in [5.41, 5.74) is 0.146. The number of hydrogen-bond donors (Lipinski definition) is 1.